The molecule has 0 saturated heterocycles. The predicted octanol–water partition coefficient (Wildman–Crippen LogP) is 6.24. The Bertz CT molecular complexity index is 458. The van der Waals surface area contributed by atoms with Crippen molar-refractivity contribution in [2.75, 3.05) is 0 Å². The molecule has 0 unspecified atom stereocenters. The lowest BCUT2D eigenvalue weighted by Gasteiger charge is -2.07. The number of fused-ring (bicyclic) bond motifs is 1. The van der Waals surface area contributed by atoms with Gasteiger partial charge in [-0.25, -0.2) is 0 Å². The lowest BCUT2D eigenvalue weighted by molar-refractivity contribution is 1.12. The van der Waals surface area contributed by atoms with E-state index in [2.05, 4.69) is 50.0 Å². The Kier molecular flexibility index (Phi) is 12.3. The van der Waals surface area contributed by atoms with E-state index in [1.807, 2.05) is 41.5 Å². The van der Waals surface area contributed by atoms with Gasteiger partial charge < -0.3 is 0 Å². The normalized spacial score (nSPS) is 8.26. The molecule has 1 nitrogen and oxygen atoms in total. The van der Waals surface area contributed by atoms with Crippen LogP contribution < -0.4 is 0 Å². The molecule has 0 atom stereocenters. The molecule has 0 aliphatic heterocycles. The summed E-state index contributed by atoms with van der Waals surface area (Å²) in [4.78, 5) is 4.50. The summed E-state index contributed by atoms with van der Waals surface area (Å²) in [6.07, 6.45) is 0. The maximum absolute atomic E-state index is 4.50. The van der Waals surface area contributed by atoms with Crippen molar-refractivity contribution in [1.82, 2.24) is 4.98 Å². The van der Waals surface area contributed by atoms with Gasteiger partial charge in [-0.15, -0.1) is 0 Å². The van der Waals surface area contributed by atoms with Gasteiger partial charge in [-0.3, -0.25) is 4.98 Å². The second-order valence-corrected chi connectivity index (χ2v) is 3.45. The second-order valence-electron chi connectivity index (χ2n) is 3.45. The van der Waals surface area contributed by atoms with E-state index in [0.717, 1.165) is 11.4 Å². The number of aromatic nitrogens is 1. The molecular formula is C18H31N. The van der Waals surface area contributed by atoms with Gasteiger partial charge in [0.15, 0.2) is 0 Å². The molecule has 1 heteroatoms. The van der Waals surface area contributed by atoms with Crippen LogP contribution in [0, 0.1) is 20.8 Å². The third kappa shape index (κ3) is 5.42. The van der Waals surface area contributed by atoms with E-state index >= 15 is 0 Å². The third-order valence-electron chi connectivity index (χ3n) is 2.60. The average molecular weight is 261 g/mol. The van der Waals surface area contributed by atoms with Gasteiger partial charge in [0.2, 0.25) is 0 Å². The lowest BCUT2D eigenvalue weighted by Crippen LogP contribution is -1.92. The lowest BCUT2D eigenvalue weighted by atomic mass is 10.0. The van der Waals surface area contributed by atoms with Crippen molar-refractivity contribution in [3.63, 3.8) is 0 Å². The molecule has 0 radical (unpaired) electrons. The highest BCUT2D eigenvalue weighted by Crippen LogP contribution is 2.21. The van der Waals surface area contributed by atoms with Crippen LogP contribution in [-0.2, 0) is 0 Å². The molecule has 2 rings (SSSR count). The van der Waals surface area contributed by atoms with E-state index in [4.69, 9.17) is 0 Å². The van der Waals surface area contributed by atoms with Crippen molar-refractivity contribution in [3.8, 4) is 0 Å². The third-order valence-corrected chi connectivity index (χ3v) is 2.60. The number of aryl methyl sites for hydroxylation is 3. The highest BCUT2D eigenvalue weighted by Gasteiger charge is 2.03. The van der Waals surface area contributed by atoms with Gasteiger partial charge >= 0.3 is 0 Å². The first-order chi connectivity index (χ1) is 9.20. The Labute approximate surface area is 120 Å². The van der Waals surface area contributed by atoms with Crippen molar-refractivity contribution in [3.05, 3.63) is 41.2 Å². The SMILES string of the molecule is CC.CC.CC.Cc1nc(C)c2ccccc2c1C. The van der Waals surface area contributed by atoms with Gasteiger partial charge in [0.25, 0.3) is 0 Å². The van der Waals surface area contributed by atoms with E-state index in [9.17, 15) is 0 Å². The Hall–Kier alpha value is -1.37. The molecule has 0 aliphatic carbocycles. The predicted molar refractivity (Wildman–Crippen MR) is 90.0 cm³/mol. The molecular weight excluding hydrogens is 230 g/mol. The Morgan fingerprint density at radius 3 is 1.53 bits per heavy atom. The smallest absolute Gasteiger partial charge is 0.0454 e. The molecule has 0 spiro atoms. The van der Waals surface area contributed by atoms with E-state index in [1.165, 1.54) is 16.3 Å². The van der Waals surface area contributed by atoms with E-state index in [-0.39, 0.29) is 0 Å². The Morgan fingerprint density at radius 2 is 1.05 bits per heavy atom. The fourth-order valence-corrected chi connectivity index (χ4v) is 1.72. The van der Waals surface area contributed by atoms with Gasteiger partial charge in [0.1, 0.15) is 0 Å². The van der Waals surface area contributed by atoms with Gasteiger partial charge in [0, 0.05) is 16.8 Å². The summed E-state index contributed by atoms with van der Waals surface area (Å²) < 4.78 is 0. The summed E-state index contributed by atoms with van der Waals surface area (Å²) in [5.41, 5.74) is 3.55. The fraction of sp³-hybridized carbons (Fsp3) is 0.500. The van der Waals surface area contributed by atoms with Crippen LogP contribution in [0.1, 0.15) is 58.5 Å². The molecule has 108 valence electrons. The number of nitrogens with zero attached hydrogens (tertiary/aromatic N) is 1. The van der Waals surface area contributed by atoms with Gasteiger partial charge in [-0.1, -0.05) is 65.8 Å². The minimum atomic E-state index is 1.12. The summed E-state index contributed by atoms with van der Waals surface area (Å²) in [6, 6.07) is 8.43. The topological polar surface area (TPSA) is 12.9 Å². The summed E-state index contributed by atoms with van der Waals surface area (Å²) in [5.74, 6) is 0. The van der Waals surface area contributed by atoms with E-state index in [1.54, 1.807) is 0 Å². The zero-order valence-electron chi connectivity index (χ0n) is 14.3. The highest BCUT2D eigenvalue weighted by atomic mass is 14.7. The largest absolute Gasteiger partial charge is 0.258 e. The van der Waals surface area contributed by atoms with Crippen LogP contribution in [0.15, 0.2) is 24.3 Å². The molecule has 0 N–H and O–H groups in total. The molecule has 19 heavy (non-hydrogen) atoms. The van der Waals surface area contributed by atoms with Crippen LogP contribution in [-0.4, -0.2) is 4.98 Å². The van der Waals surface area contributed by atoms with Crippen LogP contribution in [0.4, 0.5) is 0 Å². The molecule has 0 saturated carbocycles. The zero-order chi connectivity index (χ0) is 15.4. The molecule has 0 fully saturated rings. The molecule has 0 bridgehead atoms. The Morgan fingerprint density at radius 1 is 0.632 bits per heavy atom. The van der Waals surface area contributed by atoms with Crippen molar-refractivity contribution < 1.29 is 0 Å². The standard InChI is InChI=1S/C12H13N.3C2H6/c1-8-9(2)13-10(3)12-7-5-4-6-11(8)12;3*1-2/h4-7H,1-3H3;3*1-2H3. The molecule has 1 aromatic heterocycles. The molecule has 0 amide bonds. The van der Waals surface area contributed by atoms with E-state index < -0.39 is 0 Å². The van der Waals surface area contributed by atoms with Crippen molar-refractivity contribution in [1.29, 1.82) is 0 Å². The van der Waals surface area contributed by atoms with Gasteiger partial charge in [0.05, 0.1) is 0 Å². The molecule has 1 heterocycles. The van der Waals surface area contributed by atoms with Crippen LogP contribution in [0.3, 0.4) is 0 Å². The highest BCUT2D eigenvalue weighted by molar-refractivity contribution is 5.87. The number of rotatable bonds is 0. The molecule has 1 aromatic carbocycles. The Balaban J connectivity index is 0. The quantitative estimate of drug-likeness (QED) is 0.547. The maximum Gasteiger partial charge on any atom is 0.0454 e. The van der Waals surface area contributed by atoms with Crippen molar-refractivity contribution >= 4 is 10.8 Å². The second kappa shape index (κ2) is 11.7. The van der Waals surface area contributed by atoms with E-state index in [0.29, 0.717) is 0 Å². The summed E-state index contributed by atoms with van der Waals surface area (Å²) >= 11 is 0. The first-order valence-electron chi connectivity index (χ1n) is 7.52. The summed E-state index contributed by atoms with van der Waals surface area (Å²) in [5, 5.41) is 2.60. The van der Waals surface area contributed by atoms with Crippen LogP contribution in [0.2, 0.25) is 0 Å². The summed E-state index contributed by atoms with van der Waals surface area (Å²) in [6.45, 7) is 18.3. The maximum atomic E-state index is 4.50. The first kappa shape index (κ1) is 20.0. The van der Waals surface area contributed by atoms with Crippen LogP contribution in [0.5, 0.6) is 0 Å². The number of hydrogen-bond acceptors (Lipinski definition) is 1. The van der Waals surface area contributed by atoms with Gasteiger partial charge in [-0.2, -0.15) is 0 Å². The van der Waals surface area contributed by atoms with Crippen LogP contribution >= 0.6 is 0 Å². The van der Waals surface area contributed by atoms with Crippen molar-refractivity contribution in [2.45, 2.75) is 62.3 Å². The van der Waals surface area contributed by atoms with Crippen molar-refractivity contribution in [2.24, 2.45) is 0 Å². The average Bonchev–Trinajstić information content (AvgIpc) is 2.51. The monoisotopic (exact) mass is 261 g/mol. The van der Waals surface area contributed by atoms with Gasteiger partial charge in [-0.05, 0) is 31.7 Å². The fourth-order valence-electron chi connectivity index (χ4n) is 1.72. The first-order valence-corrected chi connectivity index (χ1v) is 7.52. The minimum absolute atomic E-state index is 1.12. The number of hydrogen-bond donors (Lipinski definition) is 0. The zero-order valence-corrected chi connectivity index (χ0v) is 14.3. The summed E-state index contributed by atoms with van der Waals surface area (Å²) in [7, 11) is 0. The molecule has 2 aromatic rings. The van der Waals surface area contributed by atoms with Crippen LogP contribution in [0.25, 0.3) is 10.8 Å². The molecule has 0 aliphatic rings. The number of pyridine rings is 1. The number of benzene rings is 1. The minimum Gasteiger partial charge on any atom is -0.258 e.